The van der Waals surface area contributed by atoms with E-state index in [1.807, 2.05) is 60.8 Å². The number of benzene rings is 3. The standard InChI is InChI=1S/C28H24N4O4S/c1-16-7-9-18(10-8-16)25-29-22-12-11-20(14-23(22)30-25)27(34)36-17(2)26(33)32-28-31-24(15-37-28)19-5-4-6-21(13-19)35-3/h4-15,17H,1-3H3,(H,29,30)(H,31,32,33). The molecule has 0 saturated heterocycles. The summed E-state index contributed by atoms with van der Waals surface area (Å²) >= 11 is 1.29. The van der Waals surface area contributed by atoms with Crippen molar-refractivity contribution in [2.45, 2.75) is 20.0 Å². The first kappa shape index (κ1) is 24.2. The van der Waals surface area contributed by atoms with Crippen LogP contribution in [0.5, 0.6) is 5.75 Å². The van der Waals surface area contributed by atoms with Crippen LogP contribution in [0, 0.1) is 6.92 Å². The third-order valence-corrected chi connectivity index (χ3v) is 6.55. The van der Waals surface area contributed by atoms with Gasteiger partial charge >= 0.3 is 5.97 Å². The number of aromatic nitrogens is 3. The van der Waals surface area contributed by atoms with E-state index in [-0.39, 0.29) is 0 Å². The molecule has 186 valence electrons. The fourth-order valence-electron chi connectivity index (χ4n) is 3.72. The number of rotatable bonds is 7. The van der Waals surface area contributed by atoms with Crippen molar-refractivity contribution in [1.29, 1.82) is 0 Å². The zero-order chi connectivity index (χ0) is 25.9. The van der Waals surface area contributed by atoms with E-state index in [0.717, 1.165) is 28.0 Å². The Labute approximate surface area is 217 Å². The molecule has 5 rings (SSSR count). The molecule has 1 atom stereocenters. The number of aryl methyl sites for hydroxylation is 1. The summed E-state index contributed by atoms with van der Waals surface area (Å²) in [7, 11) is 1.60. The third-order valence-electron chi connectivity index (χ3n) is 5.80. The Hall–Kier alpha value is -4.50. The van der Waals surface area contributed by atoms with Gasteiger partial charge in [0.25, 0.3) is 5.91 Å². The number of hydrogen-bond donors (Lipinski definition) is 2. The molecule has 5 aromatic rings. The van der Waals surface area contributed by atoms with Gasteiger partial charge < -0.3 is 14.5 Å². The monoisotopic (exact) mass is 512 g/mol. The quantitative estimate of drug-likeness (QED) is 0.265. The molecule has 37 heavy (non-hydrogen) atoms. The molecule has 0 saturated carbocycles. The number of amides is 1. The van der Waals surface area contributed by atoms with Gasteiger partial charge in [-0.15, -0.1) is 11.3 Å². The van der Waals surface area contributed by atoms with E-state index in [2.05, 4.69) is 20.3 Å². The van der Waals surface area contributed by atoms with Gasteiger partial charge in [-0.2, -0.15) is 0 Å². The number of anilines is 1. The summed E-state index contributed by atoms with van der Waals surface area (Å²) in [6.07, 6.45) is -1.02. The molecule has 0 bridgehead atoms. The van der Waals surface area contributed by atoms with E-state index in [4.69, 9.17) is 9.47 Å². The lowest BCUT2D eigenvalue weighted by Crippen LogP contribution is -2.29. The zero-order valence-electron chi connectivity index (χ0n) is 20.4. The highest BCUT2D eigenvalue weighted by atomic mass is 32.1. The second-order valence-electron chi connectivity index (χ2n) is 8.49. The highest BCUT2D eigenvalue weighted by molar-refractivity contribution is 7.14. The summed E-state index contributed by atoms with van der Waals surface area (Å²) in [5, 5.41) is 4.97. The molecule has 2 N–H and O–H groups in total. The zero-order valence-corrected chi connectivity index (χ0v) is 21.3. The van der Waals surface area contributed by atoms with Crippen LogP contribution < -0.4 is 10.1 Å². The van der Waals surface area contributed by atoms with Crippen molar-refractivity contribution in [1.82, 2.24) is 15.0 Å². The Bertz CT molecular complexity index is 1590. The highest BCUT2D eigenvalue weighted by Gasteiger charge is 2.21. The average molecular weight is 513 g/mol. The number of nitrogens with zero attached hydrogens (tertiary/aromatic N) is 2. The van der Waals surface area contributed by atoms with Gasteiger partial charge in [-0.1, -0.05) is 42.0 Å². The highest BCUT2D eigenvalue weighted by Crippen LogP contribution is 2.28. The Morgan fingerprint density at radius 3 is 2.59 bits per heavy atom. The van der Waals surface area contributed by atoms with Gasteiger partial charge in [0.1, 0.15) is 11.6 Å². The molecular weight excluding hydrogens is 488 g/mol. The number of aromatic amines is 1. The van der Waals surface area contributed by atoms with E-state index in [1.165, 1.54) is 18.3 Å². The number of methoxy groups -OCH3 is 1. The molecular formula is C28H24N4O4S. The number of carbonyl (C=O) groups excluding carboxylic acids is 2. The maximum absolute atomic E-state index is 12.8. The van der Waals surface area contributed by atoms with E-state index in [9.17, 15) is 9.59 Å². The van der Waals surface area contributed by atoms with Crippen molar-refractivity contribution in [3.05, 3.63) is 83.2 Å². The molecule has 0 aliphatic heterocycles. The number of esters is 1. The molecule has 2 aromatic heterocycles. The minimum atomic E-state index is -1.02. The molecule has 2 heterocycles. The number of H-pyrrole nitrogens is 1. The number of fused-ring (bicyclic) bond motifs is 1. The lowest BCUT2D eigenvalue weighted by Gasteiger charge is -2.12. The van der Waals surface area contributed by atoms with Gasteiger partial charge in [-0.05, 0) is 44.2 Å². The van der Waals surface area contributed by atoms with Gasteiger partial charge in [0.05, 0.1) is 29.4 Å². The number of imidazole rings is 1. The largest absolute Gasteiger partial charge is 0.497 e. The number of thiazole rings is 1. The minimum absolute atomic E-state index is 0.320. The summed E-state index contributed by atoms with van der Waals surface area (Å²) < 4.78 is 10.7. The summed E-state index contributed by atoms with van der Waals surface area (Å²) in [6.45, 7) is 3.55. The van der Waals surface area contributed by atoms with Gasteiger partial charge in [-0.25, -0.2) is 14.8 Å². The second-order valence-corrected chi connectivity index (χ2v) is 9.35. The number of ether oxygens (including phenoxy) is 2. The van der Waals surface area contributed by atoms with Crippen LogP contribution in [0.15, 0.2) is 72.1 Å². The van der Waals surface area contributed by atoms with E-state index in [1.54, 1.807) is 25.3 Å². The summed E-state index contributed by atoms with van der Waals surface area (Å²) in [5.74, 6) is 0.359. The maximum atomic E-state index is 12.8. The molecule has 3 aromatic carbocycles. The van der Waals surface area contributed by atoms with Gasteiger partial charge in [0.15, 0.2) is 11.2 Å². The Morgan fingerprint density at radius 1 is 1.00 bits per heavy atom. The van der Waals surface area contributed by atoms with Crippen LogP contribution in [0.4, 0.5) is 5.13 Å². The number of nitrogens with one attached hydrogen (secondary N) is 2. The van der Waals surface area contributed by atoms with Crippen molar-refractivity contribution in [3.8, 4) is 28.4 Å². The molecule has 8 nitrogen and oxygen atoms in total. The SMILES string of the molecule is COc1cccc(-c2csc(NC(=O)C(C)OC(=O)c3ccc4nc(-c5ccc(C)cc5)[nH]c4c3)n2)c1. The Kier molecular flexibility index (Phi) is 6.70. The first-order valence-corrected chi connectivity index (χ1v) is 12.5. The van der Waals surface area contributed by atoms with Crippen molar-refractivity contribution < 1.29 is 19.1 Å². The number of carbonyl (C=O) groups is 2. The topological polar surface area (TPSA) is 106 Å². The van der Waals surface area contributed by atoms with Crippen LogP contribution in [-0.4, -0.2) is 40.0 Å². The molecule has 0 fully saturated rings. The fourth-order valence-corrected chi connectivity index (χ4v) is 4.44. The van der Waals surface area contributed by atoms with Crippen LogP contribution >= 0.6 is 11.3 Å². The first-order chi connectivity index (χ1) is 17.9. The lowest BCUT2D eigenvalue weighted by molar-refractivity contribution is -0.123. The van der Waals surface area contributed by atoms with E-state index < -0.39 is 18.0 Å². The smallest absolute Gasteiger partial charge is 0.338 e. The Morgan fingerprint density at radius 2 is 1.81 bits per heavy atom. The second kappa shape index (κ2) is 10.2. The molecule has 9 heteroatoms. The lowest BCUT2D eigenvalue weighted by atomic mass is 10.1. The van der Waals surface area contributed by atoms with E-state index >= 15 is 0 Å². The molecule has 0 spiro atoms. The van der Waals surface area contributed by atoms with Gasteiger partial charge in [0, 0.05) is 16.5 Å². The van der Waals surface area contributed by atoms with Crippen molar-refractivity contribution in [3.63, 3.8) is 0 Å². The third kappa shape index (κ3) is 5.36. The van der Waals surface area contributed by atoms with Crippen LogP contribution in [0.25, 0.3) is 33.7 Å². The van der Waals surface area contributed by atoms with Crippen molar-refractivity contribution in [2.75, 3.05) is 12.4 Å². The van der Waals surface area contributed by atoms with Gasteiger partial charge in [-0.3, -0.25) is 10.1 Å². The summed E-state index contributed by atoms with van der Waals surface area (Å²) in [4.78, 5) is 37.7. The maximum Gasteiger partial charge on any atom is 0.338 e. The van der Waals surface area contributed by atoms with Crippen LogP contribution in [-0.2, 0) is 9.53 Å². The summed E-state index contributed by atoms with van der Waals surface area (Å²) in [6, 6.07) is 20.6. The Balaban J connectivity index is 1.24. The van der Waals surface area contributed by atoms with E-state index in [0.29, 0.717) is 27.7 Å². The van der Waals surface area contributed by atoms with Crippen LogP contribution in [0.3, 0.4) is 0 Å². The molecule has 1 unspecified atom stereocenters. The van der Waals surface area contributed by atoms with Crippen LogP contribution in [0.2, 0.25) is 0 Å². The average Bonchev–Trinajstić information content (AvgIpc) is 3.55. The minimum Gasteiger partial charge on any atom is -0.497 e. The molecule has 1 amide bonds. The predicted octanol–water partition coefficient (Wildman–Crippen LogP) is 5.85. The number of hydrogen-bond acceptors (Lipinski definition) is 7. The normalized spacial score (nSPS) is 11.8. The molecule has 0 aliphatic carbocycles. The predicted molar refractivity (Wildman–Crippen MR) is 144 cm³/mol. The fraction of sp³-hybridized carbons (Fsp3) is 0.143. The van der Waals surface area contributed by atoms with Crippen LogP contribution in [0.1, 0.15) is 22.8 Å². The summed E-state index contributed by atoms with van der Waals surface area (Å²) in [5.41, 5.74) is 5.45. The first-order valence-electron chi connectivity index (χ1n) is 11.6. The molecule has 0 radical (unpaired) electrons. The van der Waals surface area contributed by atoms with Crippen molar-refractivity contribution >= 4 is 39.4 Å². The van der Waals surface area contributed by atoms with Crippen molar-refractivity contribution in [2.24, 2.45) is 0 Å². The molecule has 0 aliphatic rings. The van der Waals surface area contributed by atoms with Gasteiger partial charge in [0.2, 0.25) is 0 Å².